The lowest BCUT2D eigenvalue weighted by Gasteiger charge is -2.05. The van der Waals surface area contributed by atoms with Crippen molar-refractivity contribution in [2.24, 2.45) is 0 Å². The quantitative estimate of drug-likeness (QED) is 0.457. The van der Waals surface area contributed by atoms with Crippen molar-refractivity contribution in [3.63, 3.8) is 0 Å². The maximum absolute atomic E-state index is 11.7. The molecule has 0 radical (unpaired) electrons. The lowest BCUT2D eigenvalue weighted by molar-refractivity contribution is -0.159. The molecule has 0 aliphatic rings. The Bertz CT molecular complexity index is 628. The zero-order chi connectivity index (χ0) is 17.8. The predicted molar refractivity (Wildman–Crippen MR) is 84.5 cm³/mol. The monoisotopic (exact) mass is 334 g/mol. The van der Waals surface area contributed by atoms with Gasteiger partial charge in [0.05, 0.1) is 12.8 Å². The molecule has 24 heavy (non-hydrogen) atoms. The summed E-state index contributed by atoms with van der Waals surface area (Å²) in [7, 11) is 0. The lowest BCUT2D eigenvalue weighted by Crippen LogP contribution is -2.31. The van der Waals surface area contributed by atoms with Crippen LogP contribution in [0.15, 0.2) is 53.1 Å². The van der Waals surface area contributed by atoms with Gasteiger partial charge in [0.1, 0.15) is 5.76 Å². The highest BCUT2D eigenvalue weighted by Gasteiger charge is 2.04. The van der Waals surface area contributed by atoms with E-state index in [1.54, 1.807) is 18.4 Å². The topological polar surface area (TPSA) is 129 Å². The van der Waals surface area contributed by atoms with Crippen LogP contribution in [0.3, 0.4) is 0 Å². The summed E-state index contributed by atoms with van der Waals surface area (Å²) in [5, 5.41) is 20.8. The smallest absolute Gasteiger partial charge is 0.414 e. The largest absolute Gasteiger partial charge is 0.473 e. The summed E-state index contributed by atoms with van der Waals surface area (Å²) in [4.78, 5) is 29.9. The second kappa shape index (κ2) is 10.6. The Morgan fingerprint density at radius 2 is 1.58 bits per heavy atom. The van der Waals surface area contributed by atoms with Crippen molar-refractivity contribution in [3.8, 4) is 0 Å². The van der Waals surface area contributed by atoms with Crippen molar-refractivity contribution >= 4 is 17.8 Å². The van der Waals surface area contributed by atoms with E-state index in [2.05, 4.69) is 10.6 Å². The number of carboxylic acid groups (broad SMARTS) is 2. The Kier molecular flexibility index (Phi) is 8.33. The number of furan rings is 1. The Balaban J connectivity index is 0.000000413. The van der Waals surface area contributed by atoms with E-state index < -0.39 is 11.9 Å². The molecule has 2 aromatic rings. The first kappa shape index (κ1) is 18.9. The molecule has 1 aromatic heterocycles. The van der Waals surface area contributed by atoms with Gasteiger partial charge in [-0.2, -0.15) is 0 Å². The molecule has 0 unspecified atom stereocenters. The summed E-state index contributed by atoms with van der Waals surface area (Å²) in [6, 6.07) is 13.0. The Morgan fingerprint density at radius 3 is 2.12 bits per heavy atom. The van der Waals surface area contributed by atoms with Gasteiger partial charge in [0.2, 0.25) is 0 Å². The van der Waals surface area contributed by atoms with Crippen molar-refractivity contribution in [1.29, 1.82) is 0 Å². The van der Waals surface area contributed by atoms with Crippen LogP contribution in [0.5, 0.6) is 0 Å². The van der Waals surface area contributed by atoms with Gasteiger partial charge >= 0.3 is 11.9 Å². The van der Waals surface area contributed by atoms with E-state index in [1.165, 1.54) is 0 Å². The number of aliphatic carboxylic acids is 2. The molecular formula is C16H18N2O6. The van der Waals surface area contributed by atoms with Crippen LogP contribution in [-0.4, -0.2) is 41.1 Å². The number of benzene rings is 1. The van der Waals surface area contributed by atoms with E-state index in [9.17, 15) is 4.79 Å². The fourth-order valence-electron chi connectivity index (χ4n) is 1.58. The van der Waals surface area contributed by atoms with E-state index in [4.69, 9.17) is 24.2 Å². The Morgan fingerprint density at radius 1 is 0.917 bits per heavy atom. The molecule has 1 heterocycles. The van der Waals surface area contributed by atoms with Crippen LogP contribution in [0.1, 0.15) is 16.1 Å². The van der Waals surface area contributed by atoms with Crippen LogP contribution < -0.4 is 10.6 Å². The van der Waals surface area contributed by atoms with Gasteiger partial charge in [-0.25, -0.2) is 9.59 Å². The number of nitrogens with one attached hydrogen (secondary N) is 2. The molecule has 8 heteroatoms. The third kappa shape index (κ3) is 7.76. The van der Waals surface area contributed by atoms with Crippen molar-refractivity contribution in [2.75, 3.05) is 13.1 Å². The van der Waals surface area contributed by atoms with Crippen molar-refractivity contribution in [3.05, 3.63) is 60.1 Å². The van der Waals surface area contributed by atoms with Gasteiger partial charge in [-0.05, 0) is 24.3 Å². The fourth-order valence-corrected chi connectivity index (χ4v) is 1.58. The van der Waals surface area contributed by atoms with Crippen LogP contribution in [-0.2, 0) is 16.1 Å². The minimum atomic E-state index is -1.82. The van der Waals surface area contributed by atoms with Crippen molar-refractivity contribution < 1.29 is 29.0 Å². The molecule has 1 aromatic carbocycles. The first-order valence-electron chi connectivity index (χ1n) is 7.03. The van der Waals surface area contributed by atoms with Gasteiger partial charge in [0, 0.05) is 18.7 Å². The van der Waals surface area contributed by atoms with Crippen molar-refractivity contribution in [1.82, 2.24) is 10.6 Å². The third-order valence-corrected chi connectivity index (χ3v) is 2.69. The molecule has 8 nitrogen and oxygen atoms in total. The molecule has 0 aliphatic heterocycles. The van der Waals surface area contributed by atoms with E-state index >= 15 is 0 Å². The summed E-state index contributed by atoms with van der Waals surface area (Å²) in [5.41, 5.74) is 0.684. The first-order valence-corrected chi connectivity index (χ1v) is 7.03. The summed E-state index contributed by atoms with van der Waals surface area (Å²) < 4.78 is 5.18. The first-order chi connectivity index (χ1) is 11.5. The van der Waals surface area contributed by atoms with Crippen LogP contribution in [0.4, 0.5) is 0 Å². The standard InChI is InChI=1S/C14H16N2O2.C2H2O4/c17-14(12-5-2-1-3-6-12)16-9-8-15-11-13-7-4-10-18-13;3-1(4)2(5)6/h1-7,10,15H,8-9,11H2,(H,16,17);(H,3,4)(H,5,6). The normalized spacial score (nSPS) is 9.50. The van der Waals surface area contributed by atoms with Crippen LogP contribution in [0, 0.1) is 0 Å². The molecule has 1 amide bonds. The maximum atomic E-state index is 11.7. The predicted octanol–water partition coefficient (Wildman–Crippen LogP) is 0.955. The number of hydrogen-bond donors (Lipinski definition) is 4. The number of hydrogen-bond acceptors (Lipinski definition) is 5. The molecule has 4 N–H and O–H groups in total. The number of carbonyl (C=O) groups is 3. The van der Waals surface area contributed by atoms with Gasteiger partial charge < -0.3 is 25.3 Å². The van der Waals surface area contributed by atoms with E-state index in [0.29, 0.717) is 25.2 Å². The van der Waals surface area contributed by atoms with E-state index in [-0.39, 0.29) is 5.91 Å². The summed E-state index contributed by atoms with van der Waals surface area (Å²) in [6.07, 6.45) is 1.65. The van der Waals surface area contributed by atoms with Gasteiger partial charge in [-0.15, -0.1) is 0 Å². The highest BCUT2D eigenvalue weighted by atomic mass is 16.4. The summed E-state index contributed by atoms with van der Waals surface area (Å²) >= 11 is 0. The highest BCUT2D eigenvalue weighted by molar-refractivity contribution is 6.27. The molecule has 2 rings (SSSR count). The zero-order valence-electron chi connectivity index (χ0n) is 12.8. The lowest BCUT2D eigenvalue weighted by atomic mass is 10.2. The second-order valence-corrected chi connectivity index (χ2v) is 4.49. The number of carboxylic acids is 2. The molecule has 0 aliphatic carbocycles. The molecule has 0 bridgehead atoms. The van der Waals surface area contributed by atoms with E-state index in [1.807, 2.05) is 30.3 Å². The van der Waals surface area contributed by atoms with Crippen LogP contribution in [0.25, 0.3) is 0 Å². The van der Waals surface area contributed by atoms with Gasteiger partial charge in [0.15, 0.2) is 0 Å². The minimum absolute atomic E-state index is 0.0459. The fraction of sp³-hybridized carbons (Fsp3) is 0.188. The summed E-state index contributed by atoms with van der Waals surface area (Å²) in [6.45, 7) is 1.97. The zero-order valence-corrected chi connectivity index (χ0v) is 12.8. The molecular weight excluding hydrogens is 316 g/mol. The maximum Gasteiger partial charge on any atom is 0.414 e. The SMILES string of the molecule is O=C(NCCNCc1ccco1)c1ccccc1.O=C(O)C(=O)O. The molecule has 0 saturated carbocycles. The molecule has 0 saturated heterocycles. The van der Waals surface area contributed by atoms with Gasteiger partial charge in [-0.1, -0.05) is 18.2 Å². The average Bonchev–Trinajstić information content (AvgIpc) is 3.09. The Labute approximate surface area is 138 Å². The van der Waals surface area contributed by atoms with Crippen molar-refractivity contribution in [2.45, 2.75) is 6.54 Å². The van der Waals surface area contributed by atoms with Crippen LogP contribution in [0.2, 0.25) is 0 Å². The minimum Gasteiger partial charge on any atom is -0.473 e. The Hall–Kier alpha value is -3.13. The number of amides is 1. The average molecular weight is 334 g/mol. The third-order valence-electron chi connectivity index (χ3n) is 2.69. The highest BCUT2D eigenvalue weighted by Crippen LogP contribution is 1.98. The molecule has 0 fully saturated rings. The van der Waals surface area contributed by atoms with Gasteiger partial charge in [0.25, 0.3) is 5.91 Å². The number of rotatable bonds is 6. The number of carbonyl (C=O) groups excluding carboxylic acids is 1. The molecule has 0 atom stereocenters. The van der Waals surface area contributed by atoms with Crippen LogP contribution >= 0.6 is 0 Å². The molecule has 0 spiro atoms. The second-order valence-electron chi connectivity index (χ2n) is 4.49. The van der Waals surface area contributed by atoms with E-state index in [0.717, 1.165) is 5.76 Å². The van der Waals surface area contributed by atoms with Gasteiger partial charge in [-0.3, -0.25) is 4.79 Å². The summed E-state index contributed by atoms with van der Waals surface area (Å²) in [5.74, 6) is -2.80. The molecule has 128 valence electrons.